The Balaban J connectivity index is 1.96. The van der Waals surface area contributed by atoms with Crippen molar-refractivity contribution >= 4 is 11.6 Å². The quantitative estimate of drug-likeness (QED) is 0.672. The third kappa shape index (κ3) is 3.44. The molecule has 0 saturated heterocycles. The summed E-state index contributed by atoms with van der Waals surface area (Å²) in [5, 5.41) is 13.3. The predicted octanol–water partition coefficient (Wildman–Crippen LogP) is 2.93. The molecule has 0 aliphatic carbocycles. The van der Waals surface area contributed by atoms with E-state index < -0.39 is 11.3 Å². The highest BCUT2D eigenvalue weighted by Gasteiger charge is 2.07. The van der Waals surface area contributed by atoms with Crippen LogP contribution in [0.15, 0.2) is 36.7 Å². The number of anilines is 1. The average Bonchev–Trinajstić information content (AvgIpc) is 2.46. The van der Waals surface area contributed by atoms with Crippen molar-refractivity contribution in [3.63, 3.8) is 0 Å². The topological polar surface area (TPSA) is 81.0 Å². The molecule has 8 heteroatoms. The van der Waals surface area contributed by atoms with Crippen LogP contribution in [0.2, 0.25) is 0 Å². The summed E-state index contributed by atoms with van der Waals surface area (Å²) in [5.74, 6) is 0.230. The summed E-state index contributed by atoms with van der Waals surface area (Å²) >= 11 is 0. The van der Waals surface area contributed by atoms with Crippen molar-refractivity contribution in [1.29, 1.82) is 0 Å². The van der Waals surface area contributed by atoms with Gasteiger partial charge in [0.1, 0.15) is 12.4 Å². The fourth-order valence-corrected chi connectivity index (χ4v) is 1.47. The second kappa shape index (κ2) is 6.00. The number of nitrogens with zero attached hydrogens (tertiary/aromatic N) is 3. The Morgan fingerprint density at radius 1 is 1.20 bits per heavy atom. The zero-order valence-electron chi connectivity index (χ0n) is 10.2. The third-order valence-corrected chi connectivity index (χ3v) is 2.53. The lowest BCUT2D eigenvalue weighted by Gasteiger charge is -2.05. The zero-order valence-corrected chi connectivity index (χ0v) is 10.2. The Morgan fingerprint density at radius 2 is 1.80 bits per heavy atom. The van der Waals surface area contributed by atoms with Gasteiger partial charge in [0.05, 0.1) is 4.92 Å². The SMILES string of the molecule is O=[N+]([O-])c1cnc(NCc2ccc(C(F)F)cc2)nc1. The lowest BCUT2D eigenvalue weighted by atomic mass is 10.1. The van der Waals surface area contributed by atoms with Gasteiger partial charge in [-0.05, 0) is 5.56 Å². The number of aromatic nitrogens is 2. The van der Waals surface area contributed by atoms with Gasteiger partial charge in [0.25, 0.3) is 6.43 Å². The van der Waals surface area contributed by atoms with E-state index >= 15 is 0 Å². The van der Waals surface area contributed by atoms with Gasteiger partial charge in [-0.2, -0.15) is 0 Å². The largest absolute Gasteiger partial charge is 0.350 e. The smallest absolute Gasteiger partial charge is 0.305 e. The van der Waals surface area contributed by atoms with E-state index in [1.807, 2.05) is 0 Å². The van der Waals surface area contributed by atoms with Crippen LogP contribution in [-0.4, -0.2) is 14.9 Å². The maximum absolute atomic E-state index is 12.4. The highest BCUT2D eigenvalue weighted by molar-refractivity contribution is 5.32. The van der Waals surface area contributed by atoms with Gasteiger partial charge in [0, 0.05) is 12.1 Å². The summed E-state index contributed by atoms with van der Waals surface area (Å²) < 4.78 is 24.7. The number of hydrogen-bond donors (Lipinski definition) is 1. The Kier molecular flexibility index (Phi) is 4.14. The summed E-state index contributed by atoms with van der Waals surface area (Å²) in [6.45, 7) is 0.335. The van der Waals surface area contributed by atoms with Crippen LogP contribution in [0.5, 0.6) is 0 Å². The standard InChI is InChI=1S/C12H10F2N4O2/c13-11(14)9-3-1-8(2-4-9)5-15-12-16-6-10(7-17-12)18(19)20/h1-4,6-7,11H,5H2,(H,15,16,17). The molecule has 1 heterocycles. The minimum Gasteiger partial charge on any atom is -0.350 e. The fourth-order valence-electron chi connectivity index (χ4n) is 1.47. The molecule has 0 aliphatic rings. The fraction of sp³-hybridized carbons (Fsp3) is 0.167. The van der Waals surface area contributed by atoms with Gasteiger partial charge in [-0.15, -0.1) is 0 Å². The molecule has 104 valence electrons. The first-order valence-electron chi connectivity index (χ1n) is 5.63. The van der Waals surface area contributed by atoms with Crippen molar-refractivity contribution in [2.45, 2.75) is 13.0 Å². The molecule has 1 aromatic heterocycles. The van der Waals surface area contributed by atoms with E-state index in [1.165, 1.54) is 12.1 Å². The average molecular weight is 280 g/mol. The molecular weight excluding hydrogens is 270 g/mol. The van der Waals surface area contributed by atoms with Crippen LogP contribution in [-0.2, 0) is 6.54 Å². The zero-order chi connectivity index (χ0) is 14.5. The molecule has 0 saturated carbocycles. The van der Waals surface area contributed by atoms with Gasteiger partial charge in [-0.3, -0.25) is 10.1 Å². The predicted molar refractivity (Wildman–Crippen MR) is 67.4 cm³/mol. The van der Waals surface area contributed by atoms with Crippen LogP contribution >= 0.6 is 0 Å². The van der Waals surface area contributed by atoms with Gasteiger partial charge in [0.15, 0.2) is 0 Å². The van der Waals surface area contributed by atoms with Gasteiger partial charge in [-0.1, -0.05) is 24.3 Å². The minimum atomic E-state index is -2.49. The molecule has 0 spiro atoms. The molecule has 1 N–H and O–H groups in total. The van der Waals surface area contributed by atoms with Crippen molar-refractivity contribution in [1.82, 2.24) is 9.97 Å². The maximum atomic E-state index is 12.4. The van der Waals surface area contributed by atoms with Crippen molar-refractivity contribution in [2.75, 3.05) is 5.32 Å². The number of rotatable bonds is 5. The first-order chi connectivity index (χ1) is 9.56. The minimum absolute atomic E-state index is 0.0414. The summed E-state index contributed by atoms with van der Waals surface area (Å²) in [6.07, 6.45) is -0.306. The van der Waals surface area contributed by atoms with Crippen LogP contribution in [0.3, 0.4) is 0 Å². The molecule has 2 aromatic rings. The van der Waals surface area contributed by atoms with Crippen molar-refractivity contribution in [3.05, 3.63) is 57.9 Å². The van der Waals surface area contributed by atoms with Crippen LogP contribution in [0.1, 0.15) is 17.6 Å². The Hall–Kier alpha value is -2.64. The van der Waals surface area contributed by atoms with E-state index in [2.05, 4.69) is 15.3 Å². The molecule has 6 nitrogen and oxygen atoms in total. The Bertz CT molecular complexity index is 587. The Labute approximate surface area is 112 Å². The van der Waals surface area contributed by atoms with E-state index in [0.717, 1.165) is 18.0 Å². The highest BCUT2D eigenvalue weighted by atomic mass is 19.3. The summed E-state index contributed by atoms with van der Waals surface area (Å²) in [6, 6.07) is 5.83. The van der Waals surface area contributed by atoms with Crippen LogP contribution in [0.25, 0.3) is 0 Å². The van der Waals surface area contributed by atoms with Gasteiger partial charge < -0.3 is 5.32 Å². The van der Waals surface area contributed by atoms with Crippen molar-refractivity contribution in [2.24, 2.45) is 0 Å². The normalized spacial score (nSPS) is 10.6. The molecule has 0 unspecified atom stereocenters. The van der Waals surface area contributed by atoms with Crippen molar-refractivity contribution < 1.29 is 13.7 Å². The van der Waals surface area contributed by atoms with Crippen molar-refractivity contribution in [3.8, 4) is 0 Å². The molecule has 0 fully saturated rings. The maximum Gasteiger partial charge on any atom is 0.305 e. The summed E-state index contributed by atoms with van der Waals surface area (Å²) in [4.78, 5) is 17.4. The van der Waals surface area contributed by atoms with Gasteiger partial charge in [-0.25, -0.2) is 18.7 Å². The molecule has 0 atom stereocenters. The van der Waals surface area contributed by atoms with Crippen LogP contribution < -0.4 is 5.32 Å². The van der Waals surface area contributed by atoms with Gasteiger partial charge >= 0.3 is 5.69 Å². The molecule has 0 amide bonds. The van der Waals surface area contributed by atoms with E-state index in [1.54, 1.807) is 12.1 Å². The summed E-state index contributed by atoms with van der Waals surface area (Å²) in [7, 11) is 0. The first kappa shape index (κ1) is 13.8. The molecule has 0 aliphatic heterocycles. The molecule has 0 bridgehead atoms. The third-order valence-electron chi connectivity index (χ3n) is 2.53. The number of halogens is 2. The summed E-state index contributed by atoms with van der Waals surface area (Å²) in [5.41, 5.74) is 0.536. The number of nitro groups is 1. The van der Waals surface area contributed by atoms with Crippen LogP contribution in [0.4, 0.5) is 20.4 Å². The molecule has 1 aromatic carbocycles. The Morgan fingerprint density at radius 3 is 2.30 bits per heavy atom. The number of nitrogens with one attached hydrogen (secondary N) is 1. The lowest BCUT2D eigenvalue weighted by molar-refractivity contribution is -0.385. The first-order valence-corrected chi connectivity index (χ1v) is 5.63. The van der Waals surface area contributed by atoms with Crippen LogP contribution in [0, 0.1) is 10.1 Å². The van der Waals surface area contributed by atoms with E-state index in [-0.39, 0.29) is 17.2 Å². The lowest BCUT2D eigenvalue weighted by Crippen LogP contribution is -2.04. The van der Waals surface area contributed by atoms with Gasteiger partial charge in [0.2, 0.25) is 5.95 Å². The molecular formula is C12H10F2N4O2. The number of benzene rings is 1. The number of hydrogen-bond acceptors (Lipinski definition) is 5. The highest BCUT2D eigenvalue weighted by Crippen LogP contribution is 2.19. The molecule has 20 heavy (non-hydrogen) atoms. The van der Waals surface area contributed by atoms with E-state index in [0.29, 0.717) is 6.54 Å². The monoisotopic (exact) mass is 280 g/mol. The molecule has 0 radical (unpaired) electrons. The second-order valence-electron chi connectivity index (χ2n) is 3.92. The van der Waals surface area contributed by atoms with E-state index in [4.69, 9.17) is 0 Å². The molecule has 2 rings (SSSR count). The number of alkyl halides is 2. The second-order valence-corrected chi connectivity index (χ2v) is 3.92. The van der Waals surface area contributed by atoms with E-state index in [9.17, 15) is 18.9 Å².